The number of aromatic nitrogens is 1. The van der Waals surface area contributed by atoms with Crippen LogP contribution in [0.25, 0.3) is 0 Å². The number of aryl methyl sites for hydroxylation is 1. The van der Waals surface area contributed by atoms with E-state index in [0.29, 0.717) is 24.1 Å². The molecular formula is C15H18N2O3. The predicted octanol–water partition coefficient (Wildman–Crippen LogP) is 3.04. The first-order valence-electron chi connectivity index (χ1n) is 6.75. The first-order chi connectivity index (χ1) is 9.74. The average Bonchev–Trinajstić information content (AvgIpc) is 3.18. The van der Waals surface area contributed by atoms with Crippen molar-refractivity contribution in [2.45, 2.75) is 32.4 Å². The van der Waals surface area contributed by atoms with Gasteiger partial charge < -0.3 is 19.2 Å². The Hall–Kier alpha value is -2.01. The van der Waals surface area contributed by atoms with Crippen molar-refractivity contribution in [3.63, 3.8) is 0 Å². The van der Waals surface area contributed by atoms with Gasteiger partial charge in [0.05, 0.1) is 12.8 Å². The third-order valence-corrected chi connectivity index (χ3v) is 3.20. The van der Waals surface area contributed by atoms with Crippen LogP contribution in [-0.2, 0) is 6.54 Å². The van der Waals surface area contributed by atoms with E-state index in [1.807, 2.05) is 25.1 Å². The van der Waals surface area contributed by atoms with Gasteiger partial charge in [-0.15, -0.1) is 0 Å². The smallest absolute Gasteiger partial charge is 0.399 e. The fourth-order valence-corrected chi connectivity index (χ4v) is 1.91. The van der Waals surface area contributed by atoms with E-state index < -0.39 is 0 Å². The van der Waals surface area contributed by atoms with E-state index in [9.17, 15) is 0 Å². The summed E-state index contributed by atoms with van der Waals surface area (Å²) in [4.78, 5) is 4.30. The van der Waals surface area contributed by atoms with Crippen LogP contribution in [0.15, 0.2) is 28.9 Å². The number of hydrogen-bond donors (Lipinski definition) is 1. The van der Waals surface area contributed by atoms with E-state index in [1.165, 1.54) is 12.8 Å². The molecule has 1 aromatic carbocycles. The molecule has 0 saturated heterocycles. The molecule has 1 saturated carbocycles. The molecule has 20 heavy (non-hydrogen) atoms. The number of nitrogens with zero attached hydrogens (tertiary/aromatic N) is 1. The van der Waals surface area contributed by atoms with Crippen molar-refractivity contribution in [1.29, 1.82) is 0 Å². The summed E-state index contributed by atoms with van der Waals surface area (Å²) in [5.41, 5.74) is 1.95. The lowest BCUT2D eigenvalue weighted by Gasteiger charge is -2.07. The fraction of sp³-hybridized carbons (Fsp3) is 0.400. The molecule has 1 aliphatic rings. The minimum absolute atomic E-state index is 0.236. The molecule has 5 nitrogen and oxygen atoms in total. The number of ether oxygens (including phenoxy) is 2. The van der Waals surface area contributed by atoms with Crippen LogP contribution in [0.5, 0.6) is 17.6 Å². The first kappa shape index (κ1) is 13.0. The quantitative estimate of drug-likeness (QED) is 0.877. The summed E-state index contributed by atoms with van der Waals surface area (Å²) in [6.07, 6.45) is 4.36. The second kappa shape index (κ2) is 5.54. The molecule has 0 amide bonds. The van der Waals surface area contributed by atoms with E-state index >= 15 is 0 Å². The molecule has 1 heterocycles. The SMILES string of the molecule is COc1cc(C)ccc1Oc1nc(CNC2CC2)co1. The summed E-state index contributed by atoms with van der Waals surface area (Å²) in [6.45, 7) is 2.71. The molecule has 5 heteroatoms. The lowest BCUT2D eigenvalue weighted by Crippen LogP contribution is -2.15. The molecule has 106 valence electrons. The minimum Gasteiger partial charge on any atom is -0.493 e. The van der Waals surface area contributed by atoms with Gasteiger partial charge in [-0.3, -0.25) is 0 Å². The number of nitrogens with one attached hydrogen (secondary N) is 1. The highest BCUT2D eigenvalue weighted by Crippen LogP contribution is 2.31. The van der Waals surface area contributed by atoms with Gasteiger partial charge in [0.25, 0.3) is 0 Å². The number of methoxy groups -OCH3 is 1. The standard InChI is InChI=1S/C15H18N2O3/c1-10-3-6-13(14(7-10)18-2)20-15-17-12(9-19-15)8-16-11-4-5-11/h3,6-7,9,11,16H,4-5,8H2,1-2H3. The molecule has 0 bridgehead atoms. The Kier molecular flexibility index (Phi) is 3.60. The lowest BCUT2D eigenvalue weighted by atomic mass is 10.2. The summed E-state index contributed by atoms with van der Waals surface area (Å²) in [5.74, 6) is 1.27. The Morgan fingerprint density at radius 3 is 2.95 bits per heavy atom. The van der Waals surface area contributed by atoms with Gasteiger partial charge in [-0.2, -0.15) is 4.98 Å². The Labute approximate surface area is 117 Å². The van der Waals surface area contributed by atoms with Gasteiger partial charge in [-0.25, -0.2) is 0 Å². The Balaban J connectivity index is 1.67. The van der Waals surface area contributed by atoms with E-state index in [4.69, 9.17) is 13.9 Å². The van der Waals surface area contributed by atoms with Crippen molar-refractivity contribution in [3.8, 4) is 17.6 Å². The summed E-state index contributed by atoms with van der Waals surface area (Å²) >= 11 is 0. The zero-order valence-corrected chi connectivity index (χ0v) is 11.7. The maximum atomic E-state index is 5.63. The Bertz CT molecular complexity index is 591. The molecule has 1 fully saturated rings. The van der Waals surface area contributed by atoms with Gasteiger partial charge in [-0.05, 0) is 37.5 Å². The summed E-state index contributed by atoms with van der Waals surface area (Å²) in [5, 5.41) is 3.38. The number of oxazole rings is 1. The van der Waals surface area contributed by atoms with E-state index in [-0.39, 0.29) is 6.08 Å². The third kappa shape index (κ3) is 3.11. The van der Waals surface area contributed by atoms with Crippen molar-refractivity contribution in [2.24, 2.45) is 0 Å². The van der Waals surface area contributed by atoms with Crippen LogP contribution >= 0.6 is 0 Å². The van der Waals surface area contributed by atoms with Crippen LogP contribution in [0, 0.1) is 6.92 Å². The van der Waals surface area contributed by atoms with Crippen molar-refractivity contribution >= 4 is 0 Å². The second-order valence-electron chi connectivity index (χ2n) is 5.02. The molecule has 0 atom stereocenters. The van der Waals surface area contributed by atoms with Gasteiger partial charge in [-0.1, -0.05) is 6.07 Å². The van der Waals surface area contributed by atoms with Crippen molar-refractivity contribution in [3.05, 3.63) is 35.7 Å². The summed E-state index contributed by atoms with van der Waals surface area (Å²) in [7, 11) is 1.61. The molecule has 3 rings (SSSR count). The molecule has 0 spiro atoms. The molecule has 0 unspecified atom stereocenters. The second-order valence-corrected chi connectivity index (χ2v) is 5.02. The molecule has 0 aliphatic heterocycles. The summed E-state index contributed by atoms with van der Waals surface area (Å²) in [6, 6.07) is 6.36. The van der Waals surface area contributed by atoms with Crippen LogP contribution in [0.2, 0.25) is 0 Å². The van der Waals surface area contributed by atoms with Gasteiger partial charge >= 0.3 is 6.08 Å². The predicted molar refractivity (Wildman–Crippen MR) is 74.2 cm³/mol. The van der Waals surface area contributed by atoms with E-state index in [1.54, 1.807) is 13.4 Å². The van der Waals surface area contributed by atoms with Crippen molar-refractivity contribution in [1.82, 2.24) is 10.3 Å². The topological polar surface area (TPSA) is 56.5 Å². The van der Waals surface area contributed by atoms with Crippen LogP contribution in [0.1, 0.15) is 24.1 Å². The Morgan fingerprint density at radius 2 is 2.20 bits per heavy atom. The molecule has 1 N–H and O–H groups in total. The molecule has 1 aromatic heterocycles. The fourth-order valence-electron chi connectivity index (χ4n) is 1.91. The van der Waals surface area contributed by atoms with E-state index in [2.05, 4.69) is 10.3 Å². The maximum absolute atomic E-state index is 5.63. The molecule has 0 radical (unpaired) electrons. The van der Waals surface area contributed by atoms with Crippen LogP contribution in [0.4, 0.5) is 0 Å². The number of hydrogen-bond acceptors (Lipinski definition) is 5. The highest BCUT2D eigenvalue weighted by Gasteiger charge is 2.20. The largest absolute Gasteiger partial charge is 0.493 e. The van der Waals surface area contributed by atoms with Gasteiger partial charge in [0.1, 0.15) is 6.26 Å². The van der Waals surface area contributed by atoms with Gasteiger partial charge in [0, 0.05) is 12.6 Å². The molecular weight excluding hydrogens is 256 g/mol. The normalized spacial score (nSPS) is 14.3. The minimum atomic E-state index is 0.236. The van der Waals surface area contributed by atoms with Crippen LogP contribution in [0.3, 0.4) is 0 Å². The zero-order chi connectivity index (χ0) is 13.9. The van der Waals surface area contributed by atoms with Crippen molar-refractivity contribution < 1.29 is 13.9 Å². The monoisotopic (exact) mass is 274 g/mol. The van der Waals surface area contributed by atoms with Crippen LogP contribution < -0.4 is 14.8 Å². The van der Waals surface area contributed by atoms with Gasteiger partial charge in [0.2, 0.25) is 0 Å². The zero-order valence-electron chi connectivity index (χ0n) is 11.7. The highest BCUT2D eigenvalue weighted by molar-refractivity contribution is 5.43. The van der Waals surface area contributed by atoms with Gasteiger partial charge in [0.15, 0.2) is 11.5 Å². The summed E-state index contributed by atoms with van der Waals surface area (Å²) < 4.78 is 16.2. The Morgan fingerprint density at radius 1 is 1.35 bits per heavy atom. The number of rotatable bonds is 6. The number of benzene rings is 1. The first-order valence-corrected chi connectivity index (χ1v) is 6.75. The maximum Gasteiger partial charge on any atom is 0.399 e. The lowest BCUT2D eigenvalue weighted by molar-refractivity contribution is 0.310. The van der Waals surface area contributed by atoms with E-state index in [0.717, 1.165) is 11.3 Å². The average molecular weight is 274 g/mol. The van der Waals surface area contributed by atoms with Crippen LogP contribution in [-0.4, -0.2) is 18.1 Å². The molecule has 1 aliphatic carbocycles. The van der Waals surface area contributed by atoms with Crippen molar-refractivity contribution in [2.75, 3.05) is 7.11 Å². The highest BCUT2D eigenvalue weighted by atomic mass is 16.6. The molecule has 2 aromatic rings. The third-order valence-electron chi connectivity index (χ3n) is 3.20.